The minimum atomic E-state index is 0.331. The first kappa shape index (κ1) is 9.59. The maximum absolute atomic E-state index is 8.80. The summed E-state index contributed by atoms with van der Waals surface area (Å²) in [5.41, 5.74) is 1.46. The second-order valence-electron chi connectivity index (χ2n) is 3.08. The lowest BCUT2D eigenvalue weighted by molar-refractivity contribution is 0.412. The molecule has 13 heavy (non-hydrogen) atoms. The van der Waals surface area contributed by atoms with Gasteiger partial charge in [-0.05, 0) is 6.07 Å². The Morgan fingerprint density at radius 2 is 2.23 bits per heavy atom. The second-order valence-corrected chi connectivity index (χ2v) is 3.08. The van der Waals surface area contributed by atoms with E-state index >= 15 is 0 Å². The molecule has 0 bridgehead atoms. The lowest BCUT2D eigenvalue weighted by Crippen LogP contribution is -2.26. The number of nitriles is 1. The molecular formula is C9H11BN2O. The van der Waals surface area contributed by atoms with Gasteiger partial charge in [-0.25, -0.2) is 0 Å². The highest BCUT2D eigenvalue weighted by Crippen LogP contribution is 2.12. The third-order valence-electron chi connectivity index (χ3n) is 1.82. The number of aromatic nitrogens is 1. The first-order valence-corrected chi connectivity index (χ1v) is 4.13. The summed E-state index contributed by atoms with van der Waals surface area (Å²) in [6.45, 7) is 4.41. The van der Waals surface area contributed by atoms with E-state index in [9.17, 15) is 0 Å². The predicted octanol–water partition coefficient (Wildman–Crippen LogP) is 0.923. The highest BCUT2D eigenvalue weighted by atomic mass is 16.5. The smallest absolute Gasteiger partial charge is 0.194 e. The Bertz CT molecular complexity index is 344. The fourth-order valence-corrected chi connectivity index (χ4v) is 1.02. The van der Waals surface area contributed by atoms with Crippen molar-refractivity contribution in [2.24, 2.45) is 0 Å². The molecule has 3 nitrogen and oxygen atoms in total. The topological polar surface area (TPSA) is 45.9 Å². The van der Waals surface area contributed by atoms with E-state index < -0.39 is 0 Å². The van der Waals surface area contributed by atoms with Gasteiger partial charge in [0.1, 0.15) is 6.07 Å². The van der Waals surface area contributed by atoms with Crippen LogP contribution < -0.4 is 10.3 Å². The molecule has 1 aromatic rings. The number of hydrogen-bond donors (Lipinski definition) is 0. The van der Waals surface area contributed by atoms with Gasteiger partial charge in [-0.15, -0.1) is 0 Å². The fourth-order valence-electron chi connectivity index (χ4n) is 1.02. The van der Waals surface area contributed by atoms with Crippen LogP contribution in [-0.4, -0.2) is 18.8 Å². The van der Waals surface area contributed by atoms with E-state index in [0.29, 0.717) is 18.0 Å². The van der Waals surface area contributed by atoms with Crippen molar-refractivity contribution in [2.45, 2.75) is 13.6 Å². The molecule has 0 radical (unpaired) electrons. The third kappa shape index (κ3) is 2.00. The van der Waals surface area contributed by atoms with E-state index in [2.05, 4.69) is 11.1 Å². The molecule has 0 saturated heterocycles. The van der Waals surface area contributed by atoms with Crippen LogP contribution in [0.4, 0.5) is 0 Å². The molecule has 0 saturated carbocycles. The number of nitrogens with zero attached hydrogens (tertiary/aromatic N) is 2. The summed E-state index contributed by atoms with van der Waals surface area (Å²) in [6.07, 6.45) is 1.59. The Hall–Kier alpha value is -1.50. The zero-order valence-corrected chi connectivity index (χ0v) is 8.03. The maximum Gasteiger partial charge on any atom is 0.194 e. The molecule has 0 aromatic carbocycles. The molecule has 0 amide bonds. The highest BCUT2D eigenvalue weighted by molar-refractivity contribution is 6.69. The first-order chi connectivity index (χ1) is 6.19. The minimum absolute atomic E-state index is 0.331. The Morgan fingerprint density at radius 1 is 1.54 bits per heavy atom. The monoisotopic (exact) mass is 174 g/mol. The molecule has 0 aliphatic heterocycles. The molecule has 0 spiro atoms. The van der Waals surface area contributed by atoms with Gasteiger partial charge < -0.3 is 4.74 Å². The number of rotatable bonds is 2. The van der Waals surface area contributed by atoms with Gasteiger partial charge >= 0.3 is 0 Å². The minimum Gasteiger partial charge on any atom is -0.494 e. The molecule has 1 rings (SSSR count). The molecule has 0 unspecified atom stereocenters. The number of methoxy groups -OCH3 is 1. The van der Waals surface area contributed by atoms with E-state index in [-0.39, 0.29) is 0 Å². The molecule has 66 valence electrons. The molecule has 0 fully saturated rings. The Labute approximate surface area is 78.4 Å². The quantitative estimate of drug-likeness (QED) is 0.626. The summed E-state index contributed by atoms with van der Waals surface area (Å²) >= 11 is 0. The van der Waals surface area contributed by atoms with Crippen molar-refractivity contribution in [1.82, 2.24) is 4.98 Å². The van der Waals surface area contributed by atoms with E-state index in [1.54, 1.807) is 12.3 Å². The molecular weight excluding hydrogens is 163 g/mol. The van der Waals surface area contributed by atoms with E-state index in [1.165, 1.54) is 7.11 Å². The summed E-state index contributed by atoms with van der Waals surface area (Å²) < 4.78 is 4.99. The number of pyridine rings is 1. The van der Waals surface area contributed by atoms with Crippen LogP contribution in [0.3, 0.4) is 0 Å². The normalized spacial score (nSPS) is 9.08. The van der Waals surface area contributed by atoms with Crippen molar-refractivity contribution in [3.63, 3.8) is 0 Å². The molecule has 0 N–H and O–H groups in total. The van der Waals surface area contributed by atoms with Crippen LogP contribution in [0.1, 0.15) is 5.56 Å². The highest BCUT2D eigenvalue weighted by Gasteiger charge is 2.09. The van der Waals surface area contributed by atoms with Crippen molar-refractivity contribution in [2.75, 3.05) is 7.11 Å². The lowest BCUT2D eigenvalue weighted by Gasteiger charge is -2.05. The van der Waals surface area contributed by atoms with E-state index in [0.717, 1.165) is 5.59 Å². The summed E-state index contributed by atoms with van der Waals surface area (Å²) in [7, 11) is 1.53. The van der Waals surface area contributed by atoms with E-state index in [4.69, 9.17) is 10.00 Å². The molecule has 4 heteroatoms. The number of ether oxygens (including phenoxy) is 1. The van der Waals surface area contributed by atoms with Crippen LogP contribution in [0.25, 0.3) is 0 Å². The molecule has 0 aliphatic rings. The Morgan fingerprint density at radius 3 is 2.69 bits per heavy atom. The van der Waals surface area contributed by atoms with Gasteiger partial charge in [0.05, 0.1) is 18.9 Å². The van der Waals surface area contributed by atoms with Crippen LogP contribution in [-0.2, 0) is 0 Å². The molecule has 0 atom stereocenters. The van der Waals surface area contributed by atoms with Crippen LogP contribution in [0, 0.1) is 11.3 Å². The summed E-state index contributed by atoms with van der Waals surface area (Å²) in [5.74, 6) is 0.534. The summed E-state index contributed by atoms with van der Waals surface area (Å²) in [5, 5.41) is 8.80. The molecule has 1 heterocycles. The van der Waals surface area contributed by atoms with Crippen molar-refractivity contribution < 1.29 is 4.74 Å². The Kier molecular flexibility index (Phi) is 2.91. The average Bonchev–Trinajstić information content (AvgIpc) is 2.16. The number of hydrogen-bond acceptors (Lipinski definition) is 3. The summed E-state index contributed by atoms with van der Waals surface area (Å²) in [6, 6.07) is 3.84. The second kappa shape index (κ2) is 3.95. The van der Waals surface area contributed by atoms with Gasteiger partial charge in [-0.2, -0.15) is 5.26 Å². The van der Waals surface area contributed by atoms with Crippen molar-refractivity contribution in [3.8, 4) is 11.8 Å². The lowest BCUT2D eigenvalue weighted by atomic mass is 9.52. The average molecular weight is 174 g/mol. The van der Waals surface area contributed by atoms with Crippen LogP contribution >= 0.6 is 0 Å². The third-order valence-corrected chi connectivity index (χ3v) is 1.82. The zero-order chi connectivity index (χ0) is 9.84. The predicted molar refractivity (Wildman–Crippen MR) is 52.6 cm³/mol. The van der Waals surface area contributed by atoms with Crippen LogP contribution in [0.5, 0.6) is 5.75 Å². The molecule has 0 aliphatic carbocycles. The van der Waals surface area contributed by atoms with Gasteiger partial charge in [0.2, 0.25) is 0 Å². The van der Waals surface area contributed by atoms with Crippen molar-refractivity contribution >= 4 is 12.3 Å². The van der Waals surface area contributed by atoms with Crippen LogP contribution in [0.2, 0.25) is 13.6 Å². The molecule has 1 aromatic heterocycles. The van der Waals surface area contributed by atoms with E-state index in [1.807, 2.05) is 13.6 Å². The van der Waals surface area contributed by atoms with Crippen molar-refractivity contribution in [3.05, 3.63) is 17.8 Å². The Balaban J connectivity index is 3.15. The van der Waals surface area contributed by atoms with Crippen molar-refractivity contribution in [1.29, 1.82) is 5.26 Å². The standard InChI is InChI=1S/C9H11BN2O/c1-10(2)9-4-7(5-11)8(13-3)6-12-9/h4,6H,1-3H3. The van der Waals surface area contributed by atoms with Crippen LogP contribution in [0.15, 0.2) is 12.3 Å². The van der Waals surface area contributed by atoms with Gasteiger partial charge in [0.25, 0.3) is 0 Å². The largest absolute Gasteiger partial charge is 0.494 e. The summed E-state index contributed by atoms with van der Waals surface area (Å²) in [4.78, 5) is 4.18. The SMILES string of the molecule is COc1cnc(B(C)C)cc1C#N. The van der Waals surface area contributed by atoms with Gasteiger partial charge in [-0.3, -0.25) is 4.98 Å². The van der Waals surface area contributed by atoms with Gasteiger partial charge in [-0.1, -0.05) is 13.6 Å². The zero-order valence-electron chi connectivity index (χ0n) is 8.03. The fraction of sp³-hybridized carbons (Fsp3) is 0.333. The van der Waals surface area contributed by atoms with Gasteiger partial charge in [0, 0.05) is 5.59 Å². The first-order valence-electron chi connectivity index (χ1n) is 4.13. The maximum atomic E-state index is 8.80. The van der Waals surface area contributed by atoms with Gasteiger partial charge in [0.15, 0.2) is 12.5 Å².